The van der Waals surface area contributed by atoms with E-state index in [-0.39, 0.29) is 5.91 Å². The van der Waals surface area contributed by atoms with Gasteiger partial charge in [0, 0.05) is 23.1 Å². The van der Waals surface area contributed by atoms with Gasteiger partial charge in [-0.3, -0.25) is 4.79 Å². The molecule has 3 N–H and O–H groups in total. The molecule has 0 aromatic heterocycles. The molecular formula is C17H17BrClN3O. The Morgan fingerprint density at radius 1 is 1.22 bits per heavy atom. The van der Waals surface area contributed by atoms with Gasteiger partial charge < -0.3 is 16.0 Å². The van der Waals surface area contributed by atoms with Gasteiger partial charge in [0.25, 0.3) is 5.91 Å². The molecule has 4 nitrogen and oxygen atoms in total. The van der Waals surface area contributed by atoms with E-state index < -0.39 is 0 Å². The molecule has 6 heteroatoms. The first-order chi connectivity index (χ1) is 11.0. The van der Waals surface area contributed by atoms with Crippen LogP contribution in [0.4, 0.5) is 17.1 Å². The number of amides is 1. The fourth-order valence-corrected chi connectivity index (χ4v) is 3.35. The van der Waals surface area contributed by atoms with Crippen LogP contribution in [-0.2, 0) is 0 Å². The second-order valence-corrected chi connectivity index (χ2v) is 6.87. The molecule has 1 aliphatic rings. The monoisotopic (exact) mass is 393 g/mol. The number of halogens is 2. The van der Waals surface area contributed by atoms with Crippen LogP contribution in [0.3, 0.4) is 0 Å². The number of nitrogens with one attached hydrogen (secondary N) is 1. The largest absolute Gasteiger partial charge is 0.397 e. The van der Waals surface area contributed by atoms with E-state index in [1.165, 1.54) is 0 Å². The van der Waals surface area contributed by atoms with Crippen molar-refractivity contribution in [3.63, 3.8) is 0 Å². The maximum atomic E-state index is 12.4. The number of hydrogen-bond acceptors (Lipinski definition) is 3. The lowest BCUT2D eigenvalue weighted by atomic mass is 10.2. The molecule has 1 amide bonds. The number of carbonyl (C=O) groups is 1. The Labute approximate surface area is 148 Å². The van der Waals surface area contributed by atoms with Crippen LogP contribution in [0.2, 0.25) is 5.02 Å². The van der Waals surface area contributed by atoms with Crippen molar-refractivity contribution in [2.45, 2.75) is 12.8 Å². The summed E-state index contributed by atoms with van der Waals surface area (Å²) in [5.41, 5.74) is 8.79. The molecule has 3 rings (SSSR count). The fraction of sp³-hybridized carbons (Fsp3) is 0.235. The summed E-state index contributed by atoms with van der Waals surface area (Å²) in [6, 6.07) is 10.8. The maximum Gasteiger partial charge on any atom is 0.255 e. The average molecular weight is 395 g/mol. The van der Waals surface area contributed by atoms with Crippen molar-refractivity contribution >= 4 is 50.5 Å². The van der Waals surface area contributed by atoms with Crippen LogP contribution in [0, 0.1) is 0 Å². The van der Waals surface area contributed by atoms with Gasteiger partial charge in [-0.1, -0.05) is 33.6 Å². The Balaban J connectivity index is 1.87. The third-order valence-corrected chi connectivity index (χ3v) is 4.70. The van der Waals surface area contributed by atoms with Crippen molar-refractivity contribution in [3.8, 4) is 0 Å². The van der Waals surface area contributed by atoms with Crippen molar-refractivity contribution in [3.05, 3.63) is 51.5 Å². The minimum absolute atomic E-state index is 0.203. The molecule has 1 saturated heterocycles. The van der Waals surface area contributed by atoms with E-state index in [2.05, 4.69) is 26.1 Å². The van der Waals surface area contributed by atoms with Crippen LogP contribution in [0.25, 0.3) is 0 Å². The lowest BCUT2D eigenvalue weighted by Gasteiger charge is -2.21. The van der Waals surface area contributed by atoms with Crippen molar-refractivity contribution in [2.24, 2.45) is 0 Å². The van der Waals surface area contributed by atoms with Crippen molar-refractivity contribution in [1.29, 1.82) is 0 Å². The molecule has 1 heterocycles. The zero-order chi connectivity index (χ0) is 16.4. The number of benzene rings is 2. The number of carbonyl (C=O) groups excluding carboxylic acids is 1. The van der Waals surface area contributed by atoms with Crippen LogP contribution in [0.5, 0.6) is 0 Å². The average Bonchev–Trinajstić information content (AvgIpc) is 3.04. The Morgan fingerprint density at radius 3 is 2.65 bits per heavy atom. The molecule has 0 atom stereocenters. The number of nitrogen functional groups attached to an aromatic ring is 1. The summed E-state index contributed by atoms with van der Waals surface area (Å²) in [5, 5.41) is 3.31. The Kier molecular flexibility index (Phi) is 4.78. The van der Waals surface area contributed by atoms with Crippen LogP contribution in [0.1, 0.15) is 23.2 Å². The number of nitrogens with two attached hydrogens (primary N) is 1. The molecule has 23 heavy (non-hydrogen) atoms. The molecule has 0 spiro atoms. The first-order valence-corrected chi connectivity index (χ1v) is 8.62. The molecule has 2 aromatic carbocycles. The number of anilines is 3. The second-order valence-electron chi connectivity index (χ2n) is 5.55. The van der Waals surface area contributed by atoms with E-state index in [0.717, 1.165) is 36.1 Å². The Bertz CT molecular complexity index is 745. The van der Waals surface area contributed by atoms with E-state index in [0.29, 0.717) is 22.0 Å². The Hall–Kier alpha value is -1.72. The third-order valence-electron chi connectivity index (χ3n) is 3.90. The molecule has 0 bridgehead atoms. The zero-order valence-electron chi connectivity index (χ0n) is 12.5. The minimum atomic E-state index is -0.203. The lowest BCUT2D eigenvalue weighted by molar-refractivity contribution is 0.102. The first kappa shape index (κ1) is 16.1. The summed E-state index contributed by atoms with van der Waals surface area (Å²) in [7, 11) is 0. The highest BCUT2D eigenvalue weighted by atomic mass is 79.9. The summed E-state index contributed by atoms with van der Waals surface area (Å²) in [5.74, 6) is -0.203. The highest BCUT2D eigenvalue weighted by molar-refractivity contribution is 9.10. The highest BCUT2D eigenvalue weighted by Crippen LogP contribution is 2.35. The van der Waals surface area contributed by atoms with Gasteiger partial charge >= 0.3 is 0 Å². The quantitative estimate of drug-likeness (QED) is 0.752. The molecule has 2 aromatic rings. The van der Waals surface area contributed by atoms with Gasteiger partial charge in [-0.25, -0.2) is 0 Å². The van der Waals surface area contributed by atoms with E-state index >= 15 is 0 Å². The van der Waals surface area contributed by atoms with E-state index in [1.807, 2.05) is 18.2 Å². The van der Waals surface area contributed by atoms with E-state index in [4.69, 9.17) is 17.3 Å². The smallest absolute Gasteiger partial charge is 0.255 e. The van der Waals surface area contributed by atoms with Gasteiger partial charge in [-0.05, 0) is 43.2 Å². The maximum absolute atomic E-state index is 12.4. The SMILES string of the molecule is Nc1cc(Cl)c(NC(=O)c2cccc(Br)c2)cc1N1CCCC1. The van der Waals surface area contributed by atoms with Crippen LogP contribution >= 0.6 is 27.5 Å². The molecular weight excluding hydrogens is 378 g/mol. The fourth-order valence-electron chi connectivity index (χ4n) is 2.73. The first-order valence-electron chi connectivity index (χ1n) is 7.45. The zero-order valence-corrected chi connectivity index (χ0v) is 14.8. The van der Waals surface area contributed by atoms with E-state index in [9.17, 15) is 4.79 Å². The van der Waals surface area contributed by atoms with Gasteiger partial charge in [-0.15, -0.1) is 0 Å². The van der Waals surface area contributed by atoms with Crippen molar-refractivity contribution < 1.29 is 4.79 Å². The number of hydrogen-bond donors (Lipinski definition) is 2. The van der Waals surface area contributed by atoms with Crippen molar-refractivity contribution in [1.82, 2.24) is 0 Å². The Morgan fingerprint density at radius 2 is 1.96 bits per heavy atom. The minimum Gasteiger partial charge on any atom is -0.397 e. The standard InChI is InChI=1S/C17H17BrClN3O/c18-12-5-3-4-11(8-12)17(23)21-15-10-16(14(20)9-13(15)19)22-6-1-2-7-22/h3-5,8-10H,1-2,6-7,20H2,(H,21,23). The summed E-state index contributed by atoms with van der Waals surface area (Å²) in [6.07, 6.45) is 2.31. The summed E-state index contributed by atoms with van der Waals surface area (Å²) < 4.78 is 0.853. The second kappa shape index (κ2) is 6.81. The molecule has 0 aliphatic carbocycles. The number of rotatable bonds is 3. The predicted octanol–water partition coefficient (Wildman–Crippen LogP) is 4.54. The van der Waals surface area contributed by atoms with Gasteiger partial charge in [0.1, 0.15) is 0 Å². The predicted molar refractivity (Wildman–Crippen MR) is 99.4 cm³/mol. The molecule has 0 saturated carbocycles. The van der Waals surface area contributed by atoms with Crippen LogP contribution < -0.4 is 16.0 Å². The van der Waals surface area contributed by atoms with Crippen LogP contribution in [0.15, 0.2) is 40.9 Å². The number of nitrogens with zero attached hydrogens (tertiary/aromatic N) is 1. The van der Waals surface area contributed by atoms with E-state index in [1.54, 1.807) is 18.2 Å². The van der Waals surface area contributed by atoms with Gasteiger partial charge in [0.05, 0.1) is 22.1 Å². The summed E-state index contributed by atoms with van der Waals surface area (Å²) in [6.45, 7) is 1.95. The topological polar surface area (TPSA) is 58.4 Å². The highest BCUT2D eigenvalue weighted by Gasteiger charge is 2.18. The molecule has 120 valence electrons. The van der Waals surface area contributed by atoms with Crippen LogP contribution in [-0.4, -0.2) is 19.0 Å². The van der Waals surface area contributed by atoms with Gasteiger partial charge in [0.2, 0.25) is 0 Å². The normalized spacial score (nSPS) is 14.1. The molecule has 0 unspecified atom stereocenters. The van der Waals surface area contributed by atoms with Gasteiger partial charge in [0.15, 0.2) is 0 Å². The summed E-state index contributed by atoms with van der Waals surface area (Å²) in [4.78, 5) is 14.6. The molecule has 1 fully saturated rings. The molecule has 1 aliphatic heterocycles. The summed E-state index contributed by atoms with van der Waals surface area (Å²) >= 11 is 9.62. The lowest BCUT2D eigenvalue weighted by Crippen LogP contribution is -2.20. The third kappa shape index (κ3) is 3.62. The van der Waals surface area contributed by atoms with Gasteiger partial charge in [-0.2, -0.15) is 0 Å². The molecule has 0 radical (unpaired) electrons. The van der Waals surface area contributed by atoms with Crippen molar-refractivity contribution in [2.75, 3.05) is 29.0 Å².